The van der Waals surface area contributed by atoms with Crippen molar-refractivity contribution in [2.24, 2.45) is 56.7 Å². The smallest absolute Gasteiger partial charge is 0.0524 e. The molecular formula is C31H52O. The minimum atomic E-state index is 0.121. The number of allylic oxidation sites excluding steroid dienone is 1. The lowest BCUT2D eigenvalue weighted by Gasteiger charge is -2.72. The van der Waals surface area contributed by atoms with Crippen molar-refractivity contribution in [3.8, 4) is 0 Å². The first-order valence-electron chi connectivity index (χ1n) is 14.2. The first-order chi connectivity index (χ1) is 14.9. The van der Waals surface area contributed by atoms with E-state index < -0.39 is 0 Å². The van der Waals surface area contributed by atoms with Crippen LogP contribution in [0.25, 0.3) is 0 Å². The summed E-state index contributed by atoms with van der Waals surface area (Å²) in [7, 11) is 0. The Bertz CT molecular complexity index is 805. The fourth-order valence-electron chi connectivity index (χ4n) is 11.2. The van der Waals surface area contributed by atoms with Gasteiger partial charge in [0.05, 0.1) is 6.61 Å². The molecule has 0 saturated heterocycles. The molecule has 0 radical (unpaired) electrons. The Hall–Kier alpha value is -0.300. The normalized spacial score (nSPS) is 52.3. The van der Waals surface area contributed by atoms with Crippen molar-refractivity contribution in [1.82, 2.24) is 0 Å². The van der Waals surface area contributed by atoms with Gasteiger partial charge in [0.25, 0.3) is 0 Å². The molecule has 5 aliphatic rings. The van der Waals surface area contributed by atoms with Crippen LogP contribution in [0.5, 0.6) is 0 Å². The summed E-state index contributed by atoms with van der Waals surface area (Å²) in [5, 5.41) is 10.7. The third-order valence-corrected chi connectivity index (χ3v) is 13.7. The van der Waals surface area contributed by atoms with Crippen molar-refractivity contribution in [2.75, 3.05) is 6.61 Å². The van der Waals surface area contributed by atoms with Crippen LogP contribution in [0.3, 0.4) is 0 Å². The third-order valence-electron chi connectivity index (χ3n) is 13.7. The molecule has 0 spiro atoms. The molecular weight excluding hydrogens is 388 g/mol. The average Bonchev–Trinajstić information content (AvgIpc) is 3.12. The molecule has 0 aromatic carbocycles. The van der Waals surface area contributed by atoms with Crippen LogP contribution in [0.15, 0.2) is 11.1 Å². The number of hydrogen-bond acceptors (Lipinski definition) is 1. The molecule has 4 fully saturated rings. The Kier molecular flexibility index (Phi) is 5.21. The van der Waals surface area contributed by atoms with Crippen molar-refractivity contribution in [3.05, 3.63) is 11.1 Å². The standard InChI is InChI=1S/C31H52O/c1-20(2)22-12-16-31(19-32)18-17-29(7)23(26(22)31)9-10-25-28(6)14-11-21(3)27(4,5)24(28)13-15-30(25,29)8/h20-21,23-25,32H,9-19H2,1-8H3/t21-,23+,24+,25+,28-,29+,30+,31+/m0/s1. The Balaban J connectivity index is 1.58. The molecule has 5 rings (SSSR count). The summed E-state index contributed by atoms with van der Waals surface area (Å²) in [5.41, 5.74) is 5.46. The second-order valence-electron chi connectivity index (χ2n) is 14.9. The van der Waals surface area contributed by atoms with Gasteiger partial charge in [-0.1, -0.05) is 66.5 Å². The highest BCUT2D eigenvalue weighted by Crippen LogP contribution is 2.77. The predicted molar refractivity (Wildman–Crippen MR) is 135 cm³/mol. The number of rotatable bonds is 2. The molecule has 0 aliphatic heterocycles. The molecule has 182 valence electrons. The first-order valence-corrected chi connectivity index (χ1v) is 14.2. The van der Waals surface area contributed by atoms with E-state index in [1.54, 1.807) is 11.1 Å². The maximum atomic E-state index is 10.7. The Morgan fingerprint density at radius 1 is 0.812 bits per heavy atom. The topological polar surface area (TPSA) is 20.2 Å². The van der Waals surface area contributed by atoms with Crippen LogP contribution >= 0.6 is 0 Å². The molecule has 5 aliphatic carbocycles. The van der Waals surface area contributed by atoms with Crippen molar-refractivity contribution in [1.29, 1.82) is 0 Å². The number of hydrogen-bond donors (Lipinski definition) is 1. The zero-order chi connectivity index (χ0) is 23.3. The zero-order valence-corrected chi connectivity index (χ0v) is 22.6. The van der Waals surface area contributed by atoms with Crippen LogP contribution in [0.4, 0.5) is 0 Å². The van der Waals surface area contributed by atoms with Gasteiger partial charge in [-0.05, 0) is 115 Å². The van der Waals surface area contributed by atoms with E-state index in [0.717, 1.165) is 17.8 Å². The Morgan fingerprint density at radius 2 is 1.53 bits per heavy atom. The van der Waals surface area contributed by atoms with Gasteiger partial charge in [-0.3, -0.25) is 0 Å². The summed E-state index contributed by atoms with van der Waals surface area (Å²) in [6, 6.07) is 0. The molecule has 0 heterocycles. The maximum absolute atomic E-state index is 10.7. The van der Waals surface area contributed by atoms with E-state index in [4.69, 9.17) is 0 Å². The summed E-state index contributed by atoms with van der Waals surface area (Å²) in [5.74, 6) is 3.95. The lowest BCUT2D eigenvalue weighted by molar-refractivity contribution is -0.220. The molecule has 32 heavy (non-hydrogen) atoms. The van der Waals surface area contributed by atoms with Crippen LogP contribution in [-0.2, 0) is 0 Å². The van der Waals surface area contributed by atoms with Crippen LogP contribution in [0.2, 0.25) is 0 Å². The van der Waals surface area contributed by atoms with Gasteiger partial charge in [0.15, 0.2) is 0 Å². The molecule has 0 unspecified atom stereocenters. The number of aliphatic hydroxyl groups is 1. The number of fused-ring (bicyclic) bond motifs is 7. The van der Waals surface area contributed by atoms with Gasteiger partial charge < -0.3 is 5.11 Å². The van der Waals surface area contributed by atoms with Gasteiger partial charge in [0.1, 0.15) is 0 Å². The van der Waals surface area contributed by atoms with Crippen molar-refractivity contribution in [3.63, 3.8) is 0 Å². The summed E-state index contributed by atoms with van der Waals surface area (Å²) < 4.78 is 0. The fourth-order valence-corrected chi connectivity index (χ4v) is 11.2. The van der Waals surface area contributed by atoms with Crippen LogP contribution in [-0.4, -0.2) is 11.7 Å². The van der Waals surface area contributed by atoms with E-state index in [2.05, 4.69) is 55.4 Å². The molecule has 0 amide bonds. The minimum Gasteiger partial charge on any atom is -0.395 e. The van der Waals surface area contributed by atoms with Crippen LogP contribution < -0.4 is 0 Å². The zero-order valence-electron chi connectivity index (χ0n) is 22.6. The molecule has 0 aromatic heterocycles. The maximum Gasteiger partial charge on any atom is 0.0524 e. The molecule has 1 heteroatoms. The van der Waals surface area contributed by atoms with Crippen molar-refractivity contribution in [2.45, 2.75) is 120 Å². The third kappa shape index (κ3) is 2.67. The predicted octanol–water partition coefficient (Wildman–Crippen LogP) is 8.42. The summed E-state index contributed by atoms with van der Waals surface area (Å²) in [4.78, 5) is 0. The summed E-state index contributed by atoms with van der Waals surface area (Å²) >= 11 is 0. The van der Waals surface area contributed by atoms with Gasteiger partial charge in [-0.25, -0.2) is 0 Å². The highest BCUT2D eigenvalue weighted by atomic mass is 16.3. The quantitative estimate of drug-likeness (QED) is 0.427. The van der Waals surface area contributed by atoms with E-state index in [0.29, 0.717) is 40.1 Å². The first kappa shape index (κ1) is 23.4. The summed E-state index contributed by atoms with van der Waals surface area (Å²) in [6.07, 6.45) is 13.5. The van der Waals surface area contributed by atoms with E-state index in [1.165, 1.54) is 64.2 Å². The SMILES string of the molecule is CC(C)C1=C2[C@H]3CC[C@@H]4[C@@]5(C)CC[C@H](C)C(C)(C)[C@H]5CC[C@@]4(C)[C@]3(C)CC[C@@]2(CO)CC1. The molecule has 1 nitrogen and oxygen atoms in total. The Morgan fingerprint density at radius 3 is 2.19 bits per heavy atom. The second-order valence-corrected chi connectivity index (χ2v) is 14.9. The largest absolute Gasteiger partial charge is 0.395 e. The second kappa shape index (κ2) is 7.11. The minimum absolute atomic E-state index is 0.121. The van der Waals surface area contributed by atoms with Gasteiger partial charge in [0, 0.05) is 5.41 Å². The van der Waals surface area contributed by atoms with E-state index in [1.807, 2.05) is 0 Å². The molecule has 1 N–H and O–H groups in total. The van der Waals surface area contributed by atoms with Gasteiger partial charge in [-0.15, -0.1) is 0 Å². The highest BCUT2D eigenvalue weighted by Gasteiger charge is 2.69. The average molecular weight is 441 g/mol. The van der Waals surface area contributed by atoms with Gasteiger partial charge in [0.2, 0.25) is 0 Å². The molecule has 0 aromatic rings. The fraction of sp³-hybridized carbons (Fsp3) is 0.935. The lowest BCUT2D eigenvalue weighted by atomic mass is 9.32. The molecule has 8 atom stereocenters. The molecule has 0 bridgehead atoms. The van der Waals surface area contributed by atoms with E-state index >= 15 is 0 Å². The number of aliphatic hydroxyl groups excluding tert-OH is 1. The van der Waals surface area contributed by atoms with Crippen molar-refractivity contribution < 1.29 is 5.11 Å². The van der Waals surface area contributed by atoms with Crippen molar-refractivity contribution >= 4 is 0 Å². The van der Waals surface area contributed by atoms with Gasteiger partial charge >= 0.3 is 0 Å². The van der Waals surface area contributed by atoms with Crippen LogP contribution in [0, 0.1) is 56.7 Å². The van der Waals surface area contributed by atoms with E-state index in [9.17, 15) is 5.11 Å². The van der Waals surface area contributed by atoms with E-state index in [-0.39, 0.29) is 5.41 Å². The monoisotopic (exact) mass is 440 g/mol. The summed E-state index contributed by atoms with van der Waals surface area (Å²) in [6.45, 7) is 21.1. The lowest BCUT2D eigenvalue weighted by Crippen LogP contribution is -2.65. The van der Waals surface area contributed by atoms with Crippen LogP contribution in [0.1, 0.15) is 120 Å². The van der Waals surface area contributed by atoms with Gasteiger partial charge in [-0.2, -0.15) is 0 Å². The Labute approximate surface area is 199 Å². The molecule has 4 saturated carbocycles. The highest BCUT2D eigenvalue weighted by molar-refractivity contribution is 5.37.